The van der Waals surface area contributed by atoms with Crippen LogP contribution in [0.25, 0.3) is 10.9 Å². The van der Waals surface area contributed by atoms with Gasteiger partial charge < -0.3 is 10.4 Å². The summed E-state index contributed by atoms with van der Waals surface area (Å²) < 4.78 is 0. The summed E-state index contributed by atoms with van der Waals surface area (Å²) in [7, 11) is 0. The summed E-state index contributed by atoms with van der Waals surface area (Å²) in [6.45, 7) is 0.574. The SMILES string of the molecule is O=C(O)CCCCCNC(=O)Cc1[nH]nc2ccccc12. The monoisotopic (exact) mass is 289 g/mol. The smallest absolute Gasteiger partial charge is 0.303 e. The van der Waals surface area contributed by atoms with Gasteiger partial charge in [-0.25, -0.2) is 0 Å². The number of hydrogen-bond acceptors (Lipinski definition) is 3. The van der Waals surface area contributed by atoms with Crippen LogP contribution in [-0.2, 0) is 16.0 Å². The van der Waals surface area contributed by atoms with Crippen molar-refractivity contribution in [1.29, 1.82) is 0 Å². The summed E-state index contributed by atoms with van der Waals surface area (Å²) in [5.74, 6) is -0.826. The maximum atomic E-state index is 11.8. The highest BCUT2D eigenvalue weighted by Crippen LogP contribution is 2.15. The molecule has 0 saturated carbocycles. The molecular formula is C15H19N3O3. The molecule has 0 spiro atoms. The molecule has 0 atom stereocenters. The summed E-state index contributed by atoms with van der Waals surface area (Å²) in [5.41, 5.74) is 1.67. The number of carbonyl (C=O) groups excluding carboxylic acids is 1. The van der Waals surface area contributed by atoms with E-state index in [0.717, 1.165) is 29.4 Å². The summed E-state index contributed by atoms with van der Waals surface area (Å²) in [6, 6.07) is 7.66. The first-order valence-electron chi connectivity index (χ1n) is 7.07. The van der Waals surface area contributed by atoms with Crippen LogP contribution in [0.15, 0.2) is 24.3 Å². The van der Waals surface area contributed by atoms with Crippen molar-refractivity contribution in [2.75, 3.05) is 6.54 Å². The number of para-hydroxylation sites is 1. The van der Waals surface area contributed by atoms with Crippen molar-refractivity contribution in [3.8, 4) is 0 Å². The van der Waals surface area contributed by atoms with E-state index in [1.165, 1.54) is 0 Å². The molecule has 1 aromatic carbocycles. The standard InChI is InChI=1S/C15H19N3O3/c19-14(16-9-5-1-2-8-15(20)21)10-13-11-6-3-4-7-12(11)17-18-13/h3-4,6-7H,1-2,5,8-10H2,(H,16,19)(H,17,18)(H,20,21). The highest BCUT2D eigenvalue weighted by molar-refractivity contribution is 5.87. The minimum atomic E-state index is -0.773. The minimum Gasteiger partial charge on any atom is -0.481 e. The number of aromatic nitrogens is 2. The number of fused-ring (bicyclic) bond motifs is 1. The summed E-state index contributed by atoms with van der Waals surface area (Å²) in [6.07, 6.45) is 2.71. The summed E-state index contributed by atoms with van der Waals surface area (Å²) in [4.78, 5) is 22.2. The van der Waals surface area contributed by atoms with Crippen molar-refractivity contribution in [3.05, 3.63) is 30.0 Å². The number of unbranched alkanes of at least 4 members (excludes halogenated alkanes) is 2. The lowest BCUT2D eigenvalue weighted by atomic mass is 10.1. The average Bonchev–Trinajstić information content (AvgIpc) is 2.86. The third-order valence-electron chi connectivity index (χ3n) is 3.27. The topological polar surface area (TPSA) is 95.1 Å². The molecule has 3 N–H and O–H groups in total. The second-order valence-corrected chi connectivity index (χ2v) is 4.95. The number of H-pyrrole nitrogens is 1. The Labute approximate surface area is 122 Å². The predicted octanol–water partition coefficient (Wildman–Crippen LogP) is 1.87. The Morgan fingerprint density at radius 3 is 2.81 bits per heavy atom. The zero-order chi connectivity index (χ0) is 15.1. The van der Waals surface area contributed by atoms with Crippen LogP contribution in [0.5, 0.6) is 0 Å². The lowest BCUT2D eigenvalue weighted by molar-refractivity contribution is -0.137. The Hall–Kier alpha value is -2.37. The summed E-state index contributed by atoms with van der Waals surface area (Å²) in [5, 5.41) is 19.4. The van der Waals surface area contributed by atoms with Gasteiger partial charge in [-0.3, -0.25) is 14.7 Å². The van der Waals surface area contributed by atoms with Crippen LogP contribution >= 0.6 is 0 Å². The van der Waals surface area contributed by atoms with Gasteiger partial charge in [0.25, 0.3) is 0 Å². The minimum absolute atomic E-state index is 0.0531. The molecule has 0 aliphatic heterocycles. The van der Waals surface area contributed by atoms with Crippen molar-refractivity contribution >= 4 is 22.8 Å². The van der Waals surface area contributed by atoms with E-state index in [4.69, 9.17) is 5.11 Å². The molecule has 112 valence electrons. The third kappa shape index (κ3) is 4.59. The molecule has 6 heteroatoms. The van der Waals surface area contributed by atoms with Crippen LogP contribution in [0.4, 0.5) is 0 Å². The molecule has 2 rings (SSSR count). The van der Waals surface area contributed by atoms with Gasteiger partial charge in [0.2, 0.25) is 5.91 Å². The van der Waals surface area contributed by atoms with E-state index in [9.17, 15) is 9.59 Å². The fraction of sp³-hybridized carbons (Fsp3) is 0.400. The van der Waals surface area contributed by atoms with Crippen LogP contribution in [-0.4, -0.2) is 33.7 Å². The summed E-state index contributed by atoms with van der Waals surface area (Å²) >= 11 is 0. The van der Waals surface area contributed by atoms with Crippen molar-refractivity contribution in [2.45, 2.75) is 32.1 Å². The number of aliphatic carboxylic acids is 1. The molecule has 21 heavy (non-hydrogen) atoms. The van der Waals surface area contributed by atoms with E-state index < -0.39 is 5.97 Å². The van der Waals surface area contributed by atoms with Crippen LogP contribution in [0.3, 0.4) is 0 Å². The molecule has 0 radical (unpaired) electrons. The Morgan fingerprint density at radius 2 is 2.00 bits per heavy atom. The van der Waals surface area contributed by atoms with Crippen molar-refractivity contribution in [3.63, 3.8) is 0 Å². The maximum Gasteiger partial charge on any atom is 0.303 e. The zero-order valence-corrected chi connectivity index (χ0v) is 11.8. The Bertz CT molecular complexity index is 621. The van der Waals surface area contributed by atoms with E-state index in [1.54, 1.807) is 0 Å². The number of aromatic amines is 1. The third-order valence-corrected chi connectivity index (χ3v) is 3.27. The largest absolute Gasteiger partial charge is 0.481 e. The zero-order valence-electron chi connectivity index (χ0n) is 11.8. The molecular weight excluding hydrogens is 270 g/mol. The van der Waals surface area contributed by atoms with Crippen molar-refractivity contribution < 1.29 is 14.7 Å². The lowest BCUT2D eigenvalue weighted by Gasteiger charge is -2.04. The molecule has 0 aliphatic rings. The van der Waals surface area contributed by atoms with E-state index >= 15 is 0 Å². The second-order valence-electron chi connectivity index (χ2n) is 4.95. The number of carbonyl (C=O) groups is 2. The highest BCUT2D eigenvalue weighted by atomic mass is 16.4. The number of rotatable bonds is 8. The molecule has 1 heterocycles. The van der Waals surface area contributed by atoms with Gasteiger partial charge in [-0.1, -0.05) is 24.6 Å². The van der Waals surface area contributed by atoms with E-state index in [1.807, 2.05) is 24.3 Å². The van der Waals surface area contributed by atoms with Gasteiger partial charge in [-0.2, -0.15) is 5.10 Å². The highest BCUT2D eigenvalue weighted by Gasteiger charge is 2.09. The maximum absolute atomic E-state index is 11.8. The number of nitrogens with zero attached hydrogens (tertiary/aromatic N) is 1. The van der Waals surface area contributed by atoms with Gasteiger partial charge in [0.1, 0.15) is 0 Å². The fourth-order valence-corrected chi connectivity index (χ4v) is 2.18. The molecule has 0 bridgehead atoms. The second kappa shape index (κ2) is 7.42. The van der Waals surface area contributed by atoms with E-state index in [2.05, 4.69) is 15.5 Å². The first-order chi connectivity index (χ1) is 10.2. The average molecular weight is 289 g/mol. The number of hydrogen-bond donors (Lipinski definition) is 3. The van der Waals surface area contributed by atoms with E-state index in [0.29, 0.717) is 13.0 Å². The molecule has 0 unspecified atom stereocenters. The van der Waals surface area contributed by atoms with Crippen molar-refractivity contribution in [2.24, 2.45) is 0 Å². The van der Waals surface area contributed by atoms with Crippen LogP contribution in [0, 0.1) is 0 Å². The van der Waals surface area contributed by atoms with E-state index in [-0.39, 0.29) is 18.7 Å². The van der Waals surface area contributed by atoms with Crippen LogP contribution in [0.2, 0.25) is 0 Å². The molecule has 2 aromatic rings. The number of carboxylic acid groups (broad SMARTS) is 1. The Balaban J connectivity index is 1.71. The number of nitrogens with one attached hydrogen (secondary N) is 2. The molecule has 1 aromatic heterocycles. The van der Waals surface area contributed by atoms with Gasteiger partial charge in [0, 0.05) is 18.4 Å². The van der Waals surface area contributed by atoms with Gasteiger partial charge in [0.05, 0.1) is 17.6 Å². The van der Waals surface area contributed by atoms with Crippen LogP contribution in [0.1, 0.15) is 31.4 Å². The predicted molar refractivity (Wildman–Crippen MR) is 78.9 cm³/mol. The molecule has 0 saturated heterocycles. The van der Waals surface area contributed by atoms with Gasteiger partial charge in [-0.15, -0.1) is 0 Å². The molecule has 0 fully saturated rings. The quantitative estimate of drug-likeness (QED) is 0.646. The number of carboxylic acids is 1. The van der Waals surface area contributed by atoms with Crippen LogP contribution < -0.4 is 5.32 Å². The van der Waals surface area contributed by atoms with Crippen molar-refractivity contribution in [1.82, 2.24) is 15.5 Å². The molecule has 0 aliphatic carbocycles. The van der Waals surface area contributed by atoms with Gasteiger partial charge >= 0.3 is 5.97 Å². The fourth-order valence-electron chi connectivity index (χ4n) is 2.18. The number of amides is 1. The molecule has 6 nitrogen and oxygen atoms in total. The van der Waals surface area contributed by atoms with Gasteiger partial charge in [0.15, 0.2) is 0 Å². The normalized spacial score (nSPS) is 10.7. The Morgan fingerprint density at radius 1 is 1.19 bits per heavy atom. The lowest BCUT2D eigenvalue weighted by Crippen LogP contribution is -2.26. The molecule has 1 amide bonds. The Kier molecular flexibility index (Phi) is 5.31. The van der Waals surface area contributed by atoms with Gasteiger partial charge in [-0.05, 0) is 18.9 Å². The number of benzene rings is 1. The first kappa shape index (κ1) is 15.0. The first-order valence-corrected chi connectivity index (χ1v) is 7.07.